The summed E-state index contributed by atoms with van der Waals surface area (Å²) in [5, 5.41) is 2.52. The Bertz CT molecular complexity index is 490. The molecule has 3 atom stereocenters. The van der Waals surface area contributed by atoms with E-state index in [4.69, 9.17) is 5.73 Å². The third-order valence-corrected chi connectivity index (χ3v) is 4.14. The van der Waals surface area contributed by atoms with Crippen LogP contribution in [0.5, 0.6) is 0 Å². The molecule has 1 saturated carbocycles. The SMILES string of the molecule is N[C@@H]1CCC[C@H]1CC(=O)NC(CC(F)(F)F)c1ccccc1. The van der Waals surface area contributed by atoms with E-state index in [-0.39, 0.29) is 24.3 Å². The highest BCUT2D eigenvalue weighted by atomic mass is 19.4. The van der Waals surface area contributed by atoms with Gasteiger partial charge in [0.05, 0.1) is 12.5 Å². The lowest BCUT2D eigenvalue weighted by atomic mass is 9.98. The van der Waals surface area contributed by atoms with Crippen LogP contribution in [0.15, 0.2) is 30.3 Å². The fourth-order valence-corrected chi connectivity index (χ4v) is 2.98. The number of halogens is 3. The van der Waals surface area contributed by atoms with Gasteiger partial charge in [-0.25, -0.2) is 0 Å². The Morgan fingerprint density at radius 1 is 1.27 bits per heavy atom. The topological polar surface area (TPSA) is 55.1 Å². The van der Waals surface area contributed by atoms with Crippen molar-refractivity contribution in [3.63, 3.8) is 0 Å². The number of carbonyl (C=O) groups excluding carboxylic acids is 1. The summed E-state index contributed by atoms with van der Waals surface area (Å²) in [7, 11) is 0. The molecule has 0 saturated heterocycles. The van der Waals surface area contributed by atoms with Crippen LogP contribution in [0.3, 0.4) is 0 Å². The second kappa shape index (κ2) is 7.13. The Hall–Kier alpha value is -1.56. The number of benzene rings is 1. The van der Waals surface area contributed by atoms with E-state index in [1.807, 2.05) is 0 Å². The molecule has 0 spiro atoms. The first kappa shape index (κ1) is 16.8. The van der Waals surface area contributed by atoms with Crippen LogP contribution in [0.4, 0.5) is 13.2 Å². The maximum Gasteiger partial charge on any atom is 0.391 e. The van der Waals surface area contributed by atoms with Gasteiger partial charge in [-0.1, -0.05) is 36.8 Å². The predicted molar refractivity (Wildman–Crippen MR) is 77.9 cm³/mol. The molecule has 22 heavy (non-hydrogen) atoms. The lowest BCUT2D eigenvalue weighted by Gasteiger charge is -2.22. The molecule has 1 aromatic rings. The molecule has 0 aromatic heterocycles. The molecule has 1 aromatic carbocycles. The van der Waals surface area contributed by atoms with Gasteiger partial charge >= 0.3 is 6.18 Å². The molecule has 0 aliphatic heterocycles. The Kier molecular flexibility index (Phi) is 5.45. The van der Waals surface area contributed by atoms with Crippen LogP contribution in [0.1, 0.15) is 43.7 Å². The highest BCUT2D eigenvalue weighted by Crippen LogP contribution is 2.31. The van der Waals surface area contributed by atoms with Crippen molar-refractivity contribution in [3.8, 4) is 0 Å². The molecular weight excluding hydrogens is 293 g/mol. The maximum absolute atomic E-state index is 12.7. The zero-order valence-electron chi connectivity index (χ0n) is 12.3. The summed E-state index contributed by atoms with van der Waals surface area (Å²) in [6.45, 7) is 0. The van der Waals surface area contributed by atoms with Gasteiger partial charge < -0.3 is 11.1 Å². The molecule has 1 fully saturated rings. The van der Waals surface area contributed by atoms with E-state index in [9.17, 15) is 18.0 Å². The monoisotopic (exact) mass is 314 g/mol. The summed E-state index contributed by atoms with van der Waals surface area (Å²) in [4.78, 5) is 12.1. The van der Waals surface area contributed by atoms with E-state index in [1.54, 1.807) is 30.3 Å². The van der Waals surface area contributed by atoms with E-state index in [0.717, 1.165) is 19.3 Å². The number of carbonyl (C=O) groups is 1. The minimum Gasteiger partial charge on any atom is -0.349 e. The lowest BCUT2D eigenvalue weighted by Crippen LogP contribution is -2.35. The van der Waals surface area contributed by atoms with Gasteiger partial charge in [-0.05, 0) is 24.3 Å². The van der Waals surface area contributed by atoms with Crippen LogP contribution in [0, 0.1) is 5.92 Å². The fraction of sp³-hybridized carbons (Fsp3) is 0.562. The molecule has 1 amide bonds. The number of rotatable bonds is 5. The van der Waals surface area contributed by atoms with Crippen molar-refractivity contribution in [1.29, 1.82) is 0 Å². The maximum atomic E-state index is 12.7. The fourth-order valence-electron chi connectivity index (χ4n) is 2.98. The second-order valence-electron chi connectivity index (χ2n) is 5.91. The Morgan fingerprint density at radius 3 is 2.50 bits per heavy atom. The van der Waals surface area contributed by atoms with Crippen LogP contribution < -0.4 is 11.1 Å². The van der Waals surface area contributed by atoms with E-state index < -0.39 is 18.6 Å². The van der Waals surface area contributed by atoms with Crippen molar-refractivity contribution in [2.75, 3.05) is 0 Å². The van der Waals surface area contributed by atoms with Crippen molar-refractivity contribution in [2.24, 2.45) is 11.7 Å². The number of nitrogens with one attached hydrogen (secondary N) is 1. The summed E-state index contributed by atoms with van der Waals surface area (Å²) >= 11 is 0. The average molecular weight is 314 g/mol. The molecule has 6 heteroatoms. The van der Waals surface area contributed by atoms with Gasteiger partial charge in [-0.15, -0.1) is 0 Å². The van der Waals surface area contributed by atoms with Gasteiger partial charge in [0.1, 0.15) is 0 Å². The molecule has 2 rings (SSSR count). The van der Waals surface area contributed by atoms with E-state index in [2.05, 4.69) is 5.32 Å². The standard InChI is InChI=1S/C16H21F3N2O/c17-16(18,19)10-14(11-5-2-1-3-6-11)21-15(22)9-12-7-4-8-13(12)20/h1-3,5-6,12-14H,4,7-10,20H2,(H,21,22)/t12-,13+,14?/m0/s1. The lowest BCUT2D eigenvalue weighted by molar-refractivity contribution is -0.143. The molecule has 3 nitrogen and oxygen atoms in total. The minimum absolute atomic E-state index is 0.0245. The second-order valence-corrected chi connectivity index (χ2v) is 5.91. The van der Waals surface area contributed by atoms with Gasteiger partial charge in [0, 0.05) is 12.5 Å². The van der Waals surface area contributed by atoms with Crippen molar-refractivity contribution < 1.29 is 18.0 Å². The van der Waals surface area contributed by atoms with Crippen LogP contribution in [-0.2, 0) is 4.79 Å². The van der Waals surface area contributed by atoms with Gasteiger partial charge in [-0.3, -0.25) is 4.79 Å². The summed E-state index contributed by atoms with van der Waals surface area (Å²) in [6, 6.07) is 7.17. The molecule has 0 radical (unpaired) electrons. The molecule has 1 aliphatic rings. The van der Waals surface area contributed by atoms with Crippen molar-refractivity contribution in [1.82, 2.24) is 5.32 Å². The number of hydrogen-bond acceptors (Lipinski definition) is 2. The zero-order chi connectivity index (χ0) is 16.2. The average Bonchev–Trinajstić information content (AvgIpc) is 2.83. The van der Waals surface area contributed by atoms with E-state index >= 15 is 0 Å². The van der Waals surface area contributed by atoms with Crippen LogP contribution in [-0.4, -0.2) is 18.1 Å². The van der Waals surface area contributed by atoms with Crippen molar-refractivity contribution in [3.05, 3.63) is 35.9 Å². The highest BCUT2D eigenvalue weighted by molar-refractivity contribution is 5.76. The summed E-state index contributed by atoms with van der Waals surface area (Å²) in [6.07, 6.45) is -2.49. The van der Waals surface area contributed by atoms with Crippen LogP contribution >= 0.6 is 0 Å². The summed E-state index contributed by atoms with van der Waals surface area (Å²) in [5.41, 5.74) is 6.37. The molecular formula is C16H21F3N2O. The molecule has 1 unspecified atom stereocenters. The summed E-state index contributed by atoms with van der Waals surface area (Å²) in [5.74, 6) is -0.289. The number of alkyl halides is 3. The molecule has 0 bridgehead atoms. The smallest absolute Gasteiger partial charge is 0.349 e. The Labute approximate surface area is 128 Å². The van der Waals surface area contributed by atoms with Gasteiger partial charge in [0.15, 0.2) is 0 Å². The zero-order valence-corrected chi connectivity index (χ0v) is 12.3. The largest absolute Gasteiger partial charge is 0.391 e. The highest BCUT2D eigenvalue weighted by Gasteiger charge is 2.34. The number of hydrogen-bond donors (Lipinski definition) is 2. The first-order chi connectivity index (χ1) is 10.3. The Morgan fingerprint density at radius 2 is 1.95 bits per heavy atom. The molecule has 122 valence electrons. The number of amides is 1. The normalized spacial score (nSPS) is 23.3. The predicted octanol–water partition coefficient (Wildman–Crippen LogP) is 3.31. The van der Waals surface area contributed by atoms with E-state index in [0.29, 0.717) is 5.56 Å². The van der Waals surface area contributed by atoms with Crippen molar-refractivity contribution in [2.45, 2.75) is 50.4 Å². The van der Waals surface area contributed by atoms with Gasteiger partial charge in [-0.2, -0.15) is 13.2 Å². The summed E-state index contributed by atoms with van der Waals surface area (Å²) < 4.78 is 38.2. The van der Waals surface area contributed by atoms with Gasteiger partial charge in [0.25, 0.3) is 0 Å². The minimum atomic E-state index is -4.34. The molecule has 0 heterocycles. The first-order valence-corrected chi connectivity index (χ1v) is 7.52. The van der Waals surface area contributed by atoms with Crippen LogP contribution in [0.25, 0.3) is 0 Å². The van der Waals surface area contributed by atoms with Gasteiger partial charge in [0.2, 0.25) is 5.91 Å². The van der Waals surface area contributed by atoms with E-state index in [1.165, 1.54) is 0 Å². The third kappa shape index (κ3) is 5.02. The third-order valence-electron chi connectivity index (χ3n) is 4.14. The van der Waals surface area contributed by atoms with Crippen LogP contribution in [0.2, 0.25) is 0 Å². The molecule has 1 aliphatic carbocycles. The molecule has 3 N–H and O–H groups in total. The first-order valence-electron chi connectivity index (χ1n) is 7.52. The van der Waals surface area contributed by atoms with Crippen molar-refractivity contribution >= 4 is 5.91 Å². The quantitative estimate of drug-likeness (QED) is 0.876. The number of nitrogens with two attached hydrogens (primary N) is 1. The Balaban J connectivity index is 2.01.